The second-order valence-electron chi connectivity index (χ2n) is 7.14. The van der Waals surface area contributed by atoms with Crippen molar-refractivity contribution in [2.24, 2.45) is 0 Å². The normalized spacial score (nSPS) is 11.6. The zero-order valence-corrected chi connectivity index (χ0v) is 18.9. The van der Waals surface area contributed by atoms with Crippen LogP contribution in [0.15, 0.2) is 70.4 Å². The minimum Gasteiger partial charge on any atom is -0.493 e. The first kappa shape index (κ1) is 23.4. The van der Waals surface area contributed by atoms with Gasteiger partial charge in [0.1, 0.15) is 10.7 Å². The zero-order chi connectivity index (χ0) is 25.2. The Morgan fingerprint density at radius 1 is 1.06 bits per heavy atom. The highest BCUT2D eigenvalue weighted by molar-refractivity contribution is 7.87. The van der Waals surface area contributed by atoms with Gasteiger partial charge in [-0.3, -0.25) is 14.9 Å². The Balaban J connectivity index is 1.63. The highest BCUT2D eigenvalue weighted by Crippen LogP contribution is 2.33. The van der Waals surface area contributed by atoms with Crippen LogP contribution in [-0.4, -0.2) is 35.5 Å². The van der Waals surface area contributed by atoms with Crippen LogP contribution in [0.2, 0.25) is 0 Å². The van der Waals surface area contributed by atoms with Crippen molar-refractivity contribution in [2.75, 3.05) is 7.11 Å². The average molecular weight is 495 g/mol. The molecule has 0 aliphatic carbocycles. The van der Waals surface area contributed by atoms with Crippen LogP contribution < -0.4 is 14.5 Å². The lowest BCUT2D eigenvalue weighted by atomic mass is 10.1. The van der Waals surface area contributed by atoms with Gasteiger partial charge in [-0.25, -0.2) is 0 Å². The quantitative estimate of drug-likeness (QED) is 0.222. The number of fused-ring (bicyclic) bond motifs is 1. The summed E-state index contributed by atoms with van der Waals surface area (Å²) in [7, 11) is -2.85. The molecule has 0 saturated carbocycles. The van der Waals surface area contributed by atoms with E-state index in [4.69, 9.17) is 8.92 Å². The van der Waals surface area contributed by atoms with Crippen molar-refractivity contribution in [3.8, 4) is 17.4 Å². The van der Waals surface area contributed by atoms with Gasteiger partial charge in [-0.2, -0.15) is 13.4 Å². The SMILES string of the molecule is COc1cc(/C=C/c2nc(O)c([N+](=O)[O-])c(=O)[nH]2)ccc1OS(=O)(=O)c1cccc2ccccc12. The number of benzene rings is 3. The number of hydrogen-bond acceptors (Lipinski definition) is 9. The summed E-state index contributed by atoms with van der Waals surface area (Å²) in [5.41, 5.74) is -1.67. The molecule has 3 aromatic carbocycles. The van der Waals surface area contributed by atoms with Crippen LogP contribution in [0.3, 0.4) is 0 Å². The molecule has 0 aliphatic heterocycles. The molecular weight excluding hydrogens is 478 g/mol. The van der Waals surface area contributed by atoms with Crippen LogP contribution in [0.4, 0.5) is 5.69 Å². The molecular formula is C23H17N3O8S. The molecule has 0 bridgehead atoms. The Morgan fingerprint density at radius 2 is 1.80 bits per heavy atom. The molecule has 0 unspecified atom stereocenters. The number of aromatic nitrogens is 2. The number of nitro groups is 1. The number of methoxy groups -OCH3 is 1. The first-order chi connectivity index (χ1) is 16.7. The highest BCUT2D eigenvalue weighted by atomic mass is 32.2. The lowest BCUT2D eigenvalue weighted by Crippen LogP contribution is -2.14. The molecule has 12 heteroatoms. The van der Waals surface area contributed by atoms with Gasteiger partial charge in [-0.15, -0.1) is 0 Å². The number of nitrogens with one attached hydrogen (secondary N) is 1. The van der Waals surface area contributed by atoms with Gasteiger partial charge in [0.05, 0.1) is 12.0 Å². The molecule has 4 aromatic rings. The maximum absolute atomic E-state index is 13.0. The summed E-state index contributed by atoms with van der Waals surface area (Å²) in [4.78, 5) is 27.3. The largest absolute Gasteiger partial charge is 0.493 e. The summed E-state index contributed by atoms with van der Waals surface area (Å²) in [6.07, 6.45) is 2.77. The van der Waals surface area contributed by atoms with Gasteiger partial charge in [0.25, 0.3) is 5.88 Å². The van der Waals surface area contributed by atoms with Crippen LogP contribution >= 0.6 is 0 Å². The first-order valence-electron chi connectivity index (χ1n) is 9.95. The third kappa shape index (κ3) is 4.82. The van der Waals surface area contributed by atoms with Crippen LogP contribution in [0, 0.1) is 10.1 Å². The van der Waals surface area contributed by atoms with Crippen molar-refractivity contribution in [1.29, 1.82) is 0 Å². The average Bonchev–Trinajstić information content (AvgIpc) is 2.82. The number of hydrogen-bond donors (Lipinski definition) is 2. The monoisotopic (exact) mass is 495 g/mol. The molecule has 35 heavy (non-hydrogen) atoms. The van der Waals surface area contributed by atoms with E-state index in [0.29, 0.717) is 10.9 Å². The molecule has 0 spiro atoms. The van der Waals surface area contributed by atoms with Gasteiger partial charge in [0.15, 0.2) is 11.5 Å². The second kappa shape index (κ2) is 9.27. The Hall–Kier alpha value is -4.71. The number of nitrogens with zero attached hydrogens (tertiary/aromatic N) is 2. The van der Waals surface area contributed by atoms with Gasteiger partial charge < -0.3 is 19.0 Å². The summed E-state index contributed by atoms with van der Waals surface area (Å²) in [5.74, 6) is -1.07. The standard InChI is InChI=1S/C23H17N3O8S/c1-33-18-13-14(10-12-20-24-22(27)21(26(29)30)23(28)25-20)9-11-17(18)34-35(31,32)19-8-4-6-15-5-2-3-7-16(15)19/h2-13H,1H3,(H2,24,25,27,28)/b12-10+. The van der Waals surface area contributed by atoms with E-state index in [0.717, 1.165) is 5.39 Å². The smallest absolute Gasteiger partial charge is 0.395 e. The molecule has 0 saturated heterocycles. The molecule has 2 N–H and O–H groups in total. The number of ether oxygens (including phenoxy) is 1. The first-order valence-corrected chi connectivity index (χ1v) is 11.4. The maximum Gasteiger partial charge on any atom is 0.395 e. The highest BCUT2D eigenvalue weighted by Gasteiger charge is 2.22. The maximum atomic E-state index is 13.0. The van der Waals surface area contributed by atoms with Crippen LogP contribution in [0.5, 0.6) is 17.4 Å². The van der Waals surface area contributed by atoms with E-state index in [1.165, 1.54) is 43.5 Å². The second-order valence-corrected chi connectivity index (χ2v) is 8.65. The van der Waals surface area contributed by atoms with Gasteiger partial charge in [0, 0.05) is 5.39 Å². The minimum atomic E-state index is -4.19. The Morgan fingerprint density at radius 3 is 2.51 bits per heavy atom. The number of aromatic hydroxyl groups is 1. The molecule has 0 amide bonds. The van der Waals surface area contributed by atoms with E-state index in [1.807, 2.05) is 0 Å². The zero-order valence-electron chi connectivity index (χ0n) is 18.0. The molecule has 4 rings (SSSR count). The predicted octanol–water partition coefficient (Wildman–Crippen LogP) is 3.48. The molecule has 1 heterocycles. The van der Waals surface area contributed by atoms with E-state index in [9.17, 15) is 28.4 Å². The van der Waals surface area contributed by atoms with Gasteiger partial charge in [-0.05, 0) is 35.2 Å². The third-order valence-corrected chi connectivity index (χ3v) is 6.21. The fourth-order valence-corrected chi connectivity index (χ4v) is 4.49. The Kier molecular flexibility index (Phi) is 6.21. The van der Waals surface area contributed by atoms with E-state index in [1.54, 1.807) is 36.4 Å². The number of rotatable bonds is 7. The lowest BCUT2D eigenvalue weighted by Gasteiger charge is -2.12. The van der Waals surface area contributed by atoms with E-state index < -0.39 is 32.2 Å². The summed E-state index contributed by atoms with van der Waals surface area (Å²) in [6.45, 7) is 0. The third-order valence-electron chi connectivity index (χ3n) is 4.92. The molecule has 0 fully saturated rings. The fraction of sp³-hybridized carbons (Fsp3) is 0.0435. The van der Waals surface area contributed by atoms with Crippen molar-refractivity contribution in [3.05, 3.63) is 92.5 Å². The van der Waals surface area contributed by atoms with Crippen molar-refractivity contribution in [1.82, 2.24) is 9.97 Å². The van der Waals surface area contributed by atoms with Crippen molar-refractivity contribution >= 4 is 38.7 Å². The molecule has 0 atom stereocenters. The van der Waals surface area contributed by atoms with Crippen molar-refractivity contribution in [2.45, 2.75) is 4.90 Å². The van der Waals surface area contributed by atoms with Crippen molar-refractivity contribution in [3.63, 3.8) is 0 Å². The van der Waals surface area contributed by atoms with Crippen molar-refractivity contribution < 1.29 is 27.4 Å². The minimum absolute atomic E-state index is 0.00892. The lowest BCUT2D eigenvalue weighted by molar-refractivity contribution is -0.387. The fourth-order valence-electron chi connectivity index (χ4n) is 3.32. The van der Waals surface area contributed by atoms with E-state index >= 15 is 0 Å². The molecule has 0 aliphatic rings. The summed E-state index contributed by atoms with van der Waals surface area (Å²) < 4.78 is 36.7. The Labute approximate surface area is 198 Å². The Bertz CT molecular complexity index is 1640. The molecule has 11 nitrogen and oxygen atoms in total. The number of aromatic amines is 1. The van der Waals surface area contributed by atoms with E-state index in [2.05, 4.69) is 9.97 Å². The molecule has 0 radical (unpaired) electrons. The summed E-state index contributed by atoms with van der Waals surface area (Å²) >= 11 is 0. The topological polar surface area (TPSA) is 162 Å². The van der Waals surface area contributed by atoms with Gasteiger partial charge >= 0.3 is 21.4 Å². The molecule has 178 valence electrons. The van der Waals surface area contributed by atoms with Crippen LogP contribution in [0.25, 0.3) is 22.9 Å². The molecule has 1 aromatic heterocycles. The number of H-pyrrole nitrogens is 1. The predicted molar refractivity (Wildman–Crippen MR) is 127 cm³/mol. The summed E-state index contributed by atoms with van der Waals surface area (Å²) in [5, 5.41) is 21.7. The van der Waals surface area contributed by atoms with Crippen LogP contribution in [0.1, 0.15) is 11.4 Å². The summed E-state index contributed by atoms with van der Waals surface area (Å²) in [6, 6.07) is 16.3. The van der Waals surface area contributed by atoms with Crippen LogP contribution in [-0.2, 0) is 10.1 Å². The van der Waals surface area contributed by atoms with Gasteiger partial charge in [-0.1, -0.05) is 48.5 Å². The van der Waals surface area contributed by atoms with Gasteiger partial charge in [0.2, 0.25) is 0 Å². The van der Waals surface area contributed by atoms with E-state index in [-0.39, 0.29) is 22.2 Å².